The largest absolute Gasteiger partial charge is 0.481 e. The lowest BCUT2D eigenvalue weighted by Gasteiger charge is -2.34. The van der Waals surface area contributed by atoms with Gasteiger partial charge in [0.25, 0.3) is 5.91 Å². The van der Waals surface area contributed by atoms with Crippen molar-refractivity contribution in [3.63, 3.8) is 0 Å². The number of aromatic nitrogens is 1. The third-order valence-corrected chi connectivity index (χ3v) is 7.72. The molecule has 2 aromatic rings. The van der Waals surface area contributed by atoms with E-state index in [2.05, 4.69) is 4.98 Å². The Balaban J connectivity index is 1.53. The van der Waals surface area contributed by atoms with Crippen LogP contribution in [-0.4, -0.2) is 54.4 Å². The van der Waals surface area contributed by atoms with Gasteiger partial charge in [0.2, 0.25) is 0 Å². The summed E-state index contributed by atoms with van der Waals surface area (Å²) in [6.45, 7) is -0.139. The number of rotatable bonds is 5. The van der Waals surface area contributed by atoms with E-state index in [0.717, 1.165) is 31.1 Å². The molecule has 0 radical (unpaired) electrons. The SMILES string of the molecule is O=C(COc1ccc(Cl)c2cccnc12)N(C1CCCC1)C1CCS(=O)(=O)C1. The summed E-state index contributed by atoms with van der Waals surface area (Å²) in [4.78, 5) is 19.2. The molecule has 0 N–H and O–H groups in total. The number of nitrogens with zero attached hydrogens (tertiary/aromatic N) is 2. The molecule has 1 aromatic heterocycles. The highest BCUT2D eigenvalue weighted by atomic mass is 35.5. The van der Waals surface area contributed by atoms with Gasteiger partial charge in [-0.1, -0.05) is 24.4 Å². The molecule has 150 valence electrons. The molecule has 1 amide bonds. The summed E-state index contributed by atoms with van der Waals surface area (Å²) < 4.78 is 29.7. The Morgan fingerprint density at radius 1 is 1.18 bits per heavy atom. The predicted octanol–water partition coefficient (Wildman–Crippen LogP) is 3.23. The number of pyridine rings is 1. The number of hydrogen-bond donors (Lipinski definition) is 0. The van der Waals surface area contributed by atoms with Crippen molar-refractivity contribution in [2.45, 2.75) is 44.2 Å². The van der Waals surface area contributed by atoms with Crippen molar-refractivity contribution in [1.29, 1.82) is 0 Å². The summed E-state index contributed by atoms with van der Waals surface area (Å²) in [5, 5.41) is 1.34. The summed E-state index contributed by atoms with van der Waals surface area (Å²) in [5.74, 6) is 0.549. The van der Waals surface area contributed by atoms with Crippen LogP contribution < -0.4 is 4.74 Å². The van der Waals surface area contributed by atoms with E-state index in [0.29, 0.717) is 22.7 Å². The Kier molecular flexibility index (Phi) is 5.47. The lowest BCUT2D eigenvalue weighted by atomic mass is 10.1. The van der Waals surface area contributed by atoms with Crippen LogP contribution >= 0.6 is 11.6 Å². The molecule has 2 aliphatic rings. The summed E-state index contributed by atoms with van der Waals surface area (Å²) in [7, 11) is -3.06. The molecule has 1 saturated heterocycles. The number of ether oxygens (including phenoxy) is 1. The maximum absolute atomic E-state index is 13.1. The highest BCUT2D eigenvalue weighted by Gasteiger charge is 2.39. The maximum atomic E-state index is 13.1. The van der Waals surface area contributed by atoms with Gasteiger partial charge in [-0.3, -0.25) is 9.78 Å². The molecule has 1 saturated carbocycles. The summed E-state index contributed by atoms with van der Waals surface area (Å²) in [6, 6.07) is 6.95. The maximum Gasteiger partial charge on any atom is 0.261 e. The molecule has 2 fully saturated rings. The minimum atomic E-state index is -3.06. The van der Waals surface area contributed by atoms with Gasteiger partial charge < -0.3 is 9.64 Å². The number of hydrogen-bond acceptors (Lipinski definition) is 5. The first-order chi connectivity index (χ1) is 13.4. The first-order valence-electron chi connectivity index (χ1n) is 9.62. The van der Waals surface area contributed by atoms with E-state index in [1.807, 2.05) is 6.07 Å². The van der Waals surface area contributed by atoms with Gasteiger partial charge in [-0.15, -0.1) is 0 Å². The van der Waals surface area contributed by atoms with Gasteiger partial charge in [-0.05, 0) is 43.5 Å². The third kappa shape index (κ3) is 3.96. The van der Waals surface area contributed by atoms with E-state index < -0.39 is 9.84 Å². The zero-order valence-electron chi connectivity index (χ0n) is 15.5. The van der Waals surface area contributed by atoms with E-state index >= 15 is 0 Å². The molecule has 1 unspecified atom stereocenters. The molecule has 1 aliphatic heterocycles. The van der Waals surface area contributed by atoms with Gasteiger partial charge in [0.15, 0.2) is 16.4 Å². The van der Waals surface area contributed by atoms with Crippen molar-refractivity contribution in [3.8, 4) is 5.75 Å². The van der Waals surface area contributed by atoms with Crippen LogP contribution in [0.3, 0.4) is 0 Å². The minimum absolute atomic E-state index is 0.0562. The summed E-state index contributed by atoms with van der Waals surface area (Å²) in [6.07, 6.45) is 6.15. The van der Waals surface area contributed by atoms with Crippen LogP contribution in [0.1, 0.15) is 32.1 Å². The normalized spacial score (nSPS) is 21.8. The smallest absolute Gasteiger partial charge is 0.261 e. The van der Waals surface area contributed by atoms with Crippen LogP contribution in [0.15, 0.2) is 30.5 Å². The van der Waals surface area contributed by atoms with Crippen molar-refractivity contribution in [3.05, 3.63) is 35.5 Å². The molecule has 4 rings (SSSR count). The van der Waals surface area contributed by atoms with Gasteiger partial charge in [-0.25, -0.2) is 8.42 Å². The fourth-order valence-corrected chi connectivity index (χ4v) is 6.25. The predicted molar refractivity (Wildman–Crippen MR) is 108 cm³/mol. The average Bonchev–Trinajstić information content (AvgIpc) is 3.32. The number of fused-ring (bicyclic) bond motifs is 1. The van der Waals surface area contributed by atoms with Gasteiger partial charge in [0.05, 0.1) is 16.5 Å². The lowest BCUT2D eigenvalue weighted by molar-refractivity contribution is -0.137. The van der Waals surface area contributed by atoms with Crippen LogP contribution in [0, 0.1) is 0 Å². The van der Waals surface area contributed by atoms with E-state index in [9.17, 15) is 13.2 Å². The fraction of sp³-hybridized carbons (Fsp3) is 0.500. The zero-order valence-corrected chi connectivity index (χ0v) is 17.1. The number of benzene rings is 1. The van der Waals surface area contributed by atoms with Gasteiger partial charge >= 0.3 is 0 Å². The van der Waals surface area contributed by atoms with Crippen molar-refractivity contribution in [2.24, 2.45) is 0 Å². The molecule has 0 spiro atoms. The molecule has 2 heterocycles. The first kappa shape index (κ1) is 19.5. The standard InChI is InChI=1S/C20H23ClN2O4S/c21-17-7-8-18(20-16(17)6-3-10-22-20)27-12-19(24)23(14-4-1-2-5-14)15-9-11-28(25,26)13-15/h3,6-8,10,14-15H,1-2,4-5,9,11-13H2. The van der Waals surface area contributed by atoms with Gasteiger partial charge in [-0.2, -0.15) is 0 Å². The van der Waals surface area contributed by atoms with Crippen molar-refractivity contribution >= 4 is 38.2 Å². The Morgan fingerprint density at radius 3 is 2.68 bits per heavy atom. The summed E-state index contributed by atoms with van der Waals surface area (Å²) >= 11 is 6.21. The second-order valence-corrected chi connectivity index (χ2v) is 10.2. The van der Waals surface area contributed by atoms with Crippen LogP contribution in [0.2, 0.25) is 5.02 Å². The topological polar surface area (TPSA) is 76.6 Å². The second-order valence-electron chi connectivity index (χ2n) is 7.53. The Morgan fingerprint density at radius 2 is 1.96 bits per heavy atom. The highest BCUT2D eigenvalue weighted by Crippen LogP contribution is 2.31. The van der Waals surface area contributed by atoms with Crippen molar-refractivity contribution in [1.82, 2.24) is 9.88 Å². The van der Waals surface area contributed by atoms with Crippen molar-refractivity contribution < 1.29 is 17.9 Å². The van der Waals surface area contributed by atoms with E-state index in [1.165, 1.54) is 0 Å². The zero-order chi connectivity index (χ0) is 19.7. The van der Waals surface area contributed by atoms with Crippen molar-refractivity contribution in [2.75, 3.05) is 18.1 Å². The third-order valence-electron chi connectivity index (χ3n) is 5.64. The van der Waals surface area contributed by atoms with Crippen LogP contribution in [0.25, 0.3) is 10.9 Å². The molecule has 0 bridgehead atoms. The van der Waals surface area contributed by atoms with Gasteiger partial charge in [0, 0.05) is 23.7 Å². The fourth-order valence-electron chi connectivity index (χ4n) is 4.33. The van der Waals surface area contributed by atoms with Gasteiger partial charge in [0.1, 0.15) is 11.3 Å². The minimum Gasteiger partial charge on any atom is -0.481 e. The number of amides is 1. The van der Waals surface area contributed by atoms with E-state index in [4.69, 9.17) is 16.3 Å². The number of halogens is 1. The van der Waals surface area contributed by atoms with Crippen LogP contribution in [0.5, 0.6) is 5.75 Å². The second kappa shape index (κ2) is 7.87. The molecule has 6 nitrogen and oxygen atoms in total. The molecular weight excluding hydrogens is 400 g/mol. The van der Waals surface area contributed by atoms with E-state index in [1.54, 1.807) is 29.3 Å². The highest BCUT2D eigenvalue weighted by molar-refractivity contribution is 7.91. The molecule has 1 aliphatic carbocycles. The molecular formula is C20H23ClN2O4S. The van der Waals surface area contributed by atoms with Crippen LogP contribution in [0.4, 0.5) is 0 Å². The average molecular weight is 423 g/mol. The quantitative estimate of drug-likeness (QED) is 0.739. The number of carbonyl (C=O) groups excluding carboxylic acids is 1. The Hall–Kier alpha value is -1.86. The summed E-state index contributed by atoms with van der Waals surface area (Å²) in [5.41, 5.74) is 0.610. The molecule has 28 heavy (non-hydrogen) atoms. The Bertz CT molecular complexity index is 989. The number of sulfone groups is 1. The van der Waals surface area contributed by atoms with E-state index in [-0.39, 0.29) is 36.1 Å². The Labute approximate surface area is 169 Å². The monoisotopic (exact) mass is 422 g/mol. The molecule has 1 atom stereocenters. The number of carbonyl (C=O) groups is 1. The molecule has 8 heteroatoms. The molecule has 1 aromatic carbocycles. The van der Waals surface area contributed by atoms with Crippen LogP contribution in [-0.2, 0) is 14.6 Å². The first-order valence-corrected chi connectivity index (χ1v) is 11.8. The lowest BCUT2D eigenvalue weighted by Crippen LogP contribution is -2.48.